The van der Waals surface area contributed by atoms with Gasteiger partial charge in [0.05, 0.1) is 17.9 Å². The first-order valence-electron chi connectivity index (χ1n) is 6.96. The number of nitrogen functional groups attached to an aromatic ring is 1. The lowest BCUT2D eigenvalue weighted by molar-refractivity contribution is -0.133. The number of nitrogens with zero attached hydrogens (tertiary/aromatic N) is 3. The smallest absolute Gasteiger partial charge is 0.244 e. The number of rotatable bonds is 3. The fraction of sp³-hybridized carbons (Fsp3) is 0.333. The van der Waals surface area contributed by atoms with Gasteiger partial charge in [0.2, 0.25) is 5.91 Å². The van der Waals surface area contributed by atoms with E-state index >= 15 is 0 Å². The summed E-state index contributed by atoms with van der Waals surface area (Å²) < 4.78 is 2.63. The van der Waals surface area contributed by atoms with Gasteiger partial charge in [0.1, 0.15) is 6.54 Å². The first-order valence-corrected chi connectivity index (χ1v) is 7.75. The average molecular weight is 349 g/mol. The van der Waals surface area contributed by atoms with Crippen LogP contribution in [0.5, 0.6) is 0 Å². The third-order valence-electron chi connectivity index (χ3n) is 3.76. The van der Waals surface area contributed by atoms with Gasteiger partial charge in [0, 0.05) is 17.2 Å². The zero-order valence-electron chi connectivity index (χ0n) is 11.6. The number of carbonyl (C=O) groups is 1. The molecular formula is C15H17BrN4O. The van der Waals surface area contributed by atoms with Gasteiger partial charge in [-0.3, -0.25) is 9.48 Å². The summed E-state index contributed by atoms with van der Waals surface area (Å²) in [6.45, 7) is 1.04. The Morgan fingerprint density at radius 3 is 3.05 bits per heavy atom. The molecule has 1 aromatic carbocycles. The van der Waals surface area contributed by atoms with E-state index in [-0.39, 0.29) is 18.5 Å². The zero-order valence-corrected chi connectivity index (χ0v) is 13.2. The van der Waals surface area contributed by atoms with Gasteiger partial charge < -0.3 is 10.6 Å². The number of nitrogens with two attached hydrogens (primary N) is 1. The Morgan fingerprint density at radius 2 is 2.33 bits per heavy atom. The lowest BCUT2D eigenvalue weighted by Crippen LogP contribution is -2.33. The highest BCUT2D eigenvalue weighted by molar-refractivity contribution is 9.10. The number of carbonyl (C=O) groups excluding carboxylic acids is 1. The Balaban J connectivity index is 1.75. The van der Waals surface area contributed by atoms with Crippen LogP contribution in [0, 0.1) is 0 Å². The first-order chi connectivity index (χ1) is 10.1. The Kier molecular flexibility index (Phi) is 3.96. The minimum absolute atomic E-state index is 0.0839. The predicted molar refractivity (Wildman–Crippen MR) is 84.5 cm³/mol. The molecular weight excluding hydrogens is 332 g/mol. The molecule has 21 heavy (non-hydrogen) atoms. The summed E-state index contributed by atoms with van der Waals surface area (Å²) in [6, 6.07) is 8.32. The Labute approximate surface area is 131 Å². The van der Waals surface area contributed by atoms with Crippen LogP contribution in [0.4, 0.5) is 5.69 Å². The Hall–Kier alpha value is -1.82. The Bertz CT molecular complexity index is 655. The maximum absolute atomic E-state index is 12.5. The van der Waals surface area contributed by atoms with E-state index in [1.165, 1.54) is 5.56 Å². The van der Waals surface area contributed by atoms with Gasteiger partial charge in [-0.25, -0.2) is 0 Å². The van der Waals surface area contributed by atoms with E-state index in [1.54, 1.807) is 17.1 Å². The van der Waals surface area contributed by atoms with Crippen LogP contribution in [0.1, 0.15) is 24.4 Å². The van der Waals surface area contributed by atoms with Crippen LogP contribution in [-0.2, 0) is 11.3 Å². The van der Waals surface area contributed by atoms with Gasteiger partial charge in [0.15, 0.2) is 0 Å². The van der Waals surface area contributed by atoms with E-state index in [1.807, 2.05) is 17.0 Å². The lowest BCUT2D eigenvalue weighted by atomic mass is 10.0. The maximum Gasteiger partial charge on any atom is 0.244 e. The molecule has 2 N–H and O–H groups in total. The second-order valence-corrected chi connectivity index (χ2v) is 6.19. The van der Waals surface area contributed by atoms with Crippen molar-refractivity contribution in [2.75, 3.05) is 12.3 Å². The summed E-state index contributed by atoms with van der Waals surface area (Å²) in [7, 11) is 0. The van der Waals surface area contributed by atoms with E-state index in [2.05, 4.69) is 33.2 Å². The van der Waals surface area contributed by atoms with Crippen LogP contribution in [0.2, 0.25) is 0 Å². The topological polar surface area (TPSA) is 64.1 Å². The third-order valence-corrected chi connectivity index (χ3v) is 4.25. The van der Waals surface area contributed by atoms with E-state index in [4.69, 9.17) is 5.73 Å². The summed E-state index contributed by atoms with van der Waals surface area (Å²) in [5, 5.41) is 4.08. The molecule has 0 aliphatic carbocycles. The highest BCUT2D eigenvalue weighted by Crippen LogP contribution is 2.33. The second kappa shape index (κ2) is 5.89. The predicted octanol–water partition coefficient (Wildman–Crippen LogP) is 2.59. The van der Waals surface area contributed by atoms with E-state index in [0.29, 0.717) is 5.69 Å². The van der Waals surface area contributed by atoms with Gasteiger partial charge >= 0.3 is 0 Å². The van der Waals surface area contributed by atoms with Crippen molar-refractivity contribution in [2.24, 2.45) is 0 Å². The van der Waals surface area contributed by atoms with Gasteiger partial charge in [0.25, 0.3) is 0 Å². The van der Waals surface area contributed by atoms with Gasteiger partial charge in [-0.1, -0.05) is 28.1 Å². The number of likely N-dealkylation sites (tertiary alicyclic amines) is 1. The molecule has 1 fully saturated rings. The normalized spacial score (nSPS) is 18.1. The highest BCUT2D eigenvalue weighted by atomic mass is 79.9. The molecule has 2 aromatic rings. The molecule has 0 spiro atoms. The minimum Gasteiger partial charge on any atom is -0.396 e. The zero-order chi connectivity index (χ0) is 14.8. The lowest BCUT2D eigenvalue weighted by Gasteiger charge is -2.25. The van der Waals surface area contributed by atoms with Crippen molar-refractivity contribution in [3.63, 3.8) is 0 Å². The van der Waals surface area contributed by atoms with Crippen molar-refractivity contribution >= 4 is 27.5 Å². The molecule has 1 amide bonds. The minimum atomic E-state index is 0.0839. The standard InChI is InChI=1S/C15H17BrN4O/c16-12-4-1-3-11(7-12)14-5-2-6-20(14)15(21)10-19-9-13(17)8-18-19/h1,3-4,7-9,14H,2,5-6,10,17H2. The quantitative estimate of drug-likeness (QED) is 0.926. The van der Waals surface area contributed by atoms with E-state index in [9.17, 15) is 4.79 Å². The summed E-state index contributed by atoms with van der Waals surface area (Å²) in [5.74, 6) is 0.0839. The summed E-state index contributed by atoms with van der Waals surface area (Å²) in [5.41, 5.74) is 7.38. The van der Waals surface area contributed by atoms with E-state index in [0.717, 1.165) is 23.9 Å². The average Bonchev–Trinajstić information content (AvgIpc) is 3.07. The SMILES string of the molecule is Nc1cnn(CC(=O)N2CCCC2c2cccc(Br)c2)c1. The number of amides is 1. The Morgan fingerprint density at radius 1 is 1.48 bits per heavy atom. The van der Waals surface area contributed by atoms with Crippen LogP contribution in [0.3, 0.4) is 0 Å². The summed E-state index contributed by atoms with van der Waals surface area (Å²) in [4.78, 5) is 14.4. The fourth-order valence-electron chi connectivity index (χ4n) is 2.82. The molecule has 1 atom stereocenters. The van der Waals surface area contributed by atoms with Crippen LogP contribution in [0.25, 0.3) is 0 Å². The molecule has 1 saturated heterocycles. The molecule has 6 heteroatoms. The summed E-state index contributed by atoms with van der Waals surface area (Å²) >= 11 is 3.49. The molecule has 1 aromatic heterocycles. The van der Waals surface area contributed by atoms with Crippen LogP contribution in [0.15, 0.2) is 41.1 Å². The molecule has 0 bridgehead atoms. The highest BCUT2D eigenvalue weighted by Gasteiger charge is 2.30. The molecule has 3 rings (SSSR count). The third kappa shape index (κ3) is 3.10. The second-order valence-electron chi connectivity index (χ2n) is 5.27. The molecule has 110 valence electrons. The number of hydrogen-bond donors (Lipinski definition) is 1. The monoisotopic (exact) mass is 348 g/mol. The van der Waals surface area contributed by atoms with Crippen molar-refractivity contribution in [3.8, 4) is 0 Å². The number of aromatic nitrogens is 2. The molecule has 5 nitrogen and oxygen atoms in total. The van der Waals surface area contributed by atoms with Crippen molar-refractivity contribution < 1.29 is 4.79 Å². The van der Waals surface area contributed by atoms with Crippen LogP contribution in [-0.4, -0.2) is 27.1 Å². The molecule has 1 aliphatic heterocycles. The van der Waals surface area contributed by atoms with Crippen molar-refractivity contribution in [1.29, 1.82) is 0 Å². The molecule has 1 unspecified atom stereocenters. The number of benzene rings is 1. The maximum atomic E-state index is 12.5. The van der Waals surface area contributed by atoms with Crippen molar-refractivity contribution in [1.82, 2.24) is 14.7 Å². The van der Waals surface area contributed by atoms with Crippen LogP contribution >= 0.6 is 15.9 Å². The van der Waals surface area contributed by atoms with Crippen molar-refractivity contribution in [3.05, 3.63) is 46.7 Å². The number of anilines is 1. The summed E-state index contributed by atoms with van der Waals surface area (Å²) in [6.07, 6.45) is 5.28. The van der Waals surface area contributed by atoms with E-state index < -0.39 is 0 Å². The van der Waals surface area contributed by atoms with Gasteiger partial charge in [-0.15, -0.1) is 0 Å². The van der Waals surface area contributed by atoms with Gasteiger partial charge in [-0.2, -0.15) is 5.10 Å². The number of halogens is 1. The van der Waals surface area contributed by atoms with Crippen LogP contribution < -0.4 is 5.73 Å². The largest absolute Gasteiger partial charge is 0.396 e. The fourth-order valence-corrected chi connectivity index (χ4v) is 3.24. The number of hydrogen-bond acceptors (Lipinski definition) is 3. The van der Waals surface area contributed by atoms with Gasteiger partial charge in [-0.05, 0) is 30.5 Å². The first kappa shape index (κ1) is 14.1. The molecule has 0 radical (unpaired) electrons. The van der Waals surface area contributed by atoms with Crippen molar-refractivity contribution in [2.45, 2.75) is 25.4 Å². The molecule has 2 heterocycles. The molecule has 1 aliphatic rings. The molecule has 0 saturated carbocycles.